The molecule has 80 valence electrons. The average molecular weight is 199 g/mol. The Labute approximate surface area is 84.2 Å². The minimum Gasteiger partial charge on any atom is -0.452 e. The van der Waals surface area contributed by atoms with Crippen LogP contribution < -0.4 is 0 Å². The van der Waals surface area contributed by atoms with Gasteiger partial charge in [-0.25, -0.2) is 9.97 Å². The topological polar surface area (TPSA) is 65.0 Å². The van der Waals surface area contributed by atoms with Crippen LogP contribution in [0.4, 0.5) is 0 Å². The number of oxazole rings is 1. The van der Waals surface area contributed by atoms with Crippen molar-refractivity contribution in [2.45, 2.75) is 27.7 Å². The molecule has 0 spiro atoms. The fraction of sp³-hybridized carbons (Fsp3) is 0.444. The molecule has 5 nitrogen and oxygen atoms in total. The first kappa shape index (κ1) is 14.9. The second-order valence-corrected chi connectivity index (χ2v) is 1.26. The van der Waals surface area contributed by atoms with E-state index in [0.717, 1.165) is 0 Å². The van der Waals surface area contributed by atoms with Crippen LogP contribution in [0.25, 0.3) is 0 Å². The molecule has 14 heavy (non-hydrogen) atoms. The van der Waals surface area contributed by atoms with Gasteiger partial charge in [0.2, 0.25) is 6.39 Å². The maximum atomic E-state index is 4.47. The Bertz CT molecular complexity index is 157. The van der Waals surface area contributed by atoms with E-state index >= 15 is 0 Å². The zero-order valence-corrected chi connectivity index (χ0v) is 9.04. The summed E-state index contributed by atoms with van der Waals surface area (Å²) in [5.41, 5.74) is 0. The van der Waals surface area contributed by atoms with Gasteiger partial charge in [0.15, 0.2) is 12.7 Å². The van der Waals surface area contributed by atoms with Crippen molar-refractivity contribution in [2.24, 2.45) is 0 Å². The van der Waals surface area contributed by atoms with Crippen LogP contribution in [-0.4, -0.2) is 15.1 Å². The lowest BCUT2D eigenvalue weighted by Gasteiger charge is -1.47. The van der Waals surface area contributed by atoms with E-state index in [9.17, 15) is 0 Å². The van der Waals surface area contributed by atoms with Crippen molar-refractivity contribution < 1.29 is 8.94 Å². The van der Waals surface area contributed by atoms with Gasteiger partial charge in [0.1, 0.15) is 6.26 Å². The normalized spacial score (nSPS) is 6.57. The van der Waals surface area contributed by atoms with Crippen LogP contribution >= 0.6 is 0 Å². The van der Waals surface area contributed by atoms with Crippen LogP contribution in [0.1, 0.15) is 27.7 Å². The third kappa shape index (κ3) is 13.0. The quantitative estimate of drug-likeness (QED) is 0.652. The third-order valence-electron chi connectivity index (χ3n) is 0.630. The molecule has 2 rings (SSSR count). The molecule has 0 radical (unpaired) electrons. The fourth-order valence-corrected chi connectivity index (χ4v) is 0.312. The summed E-state index contributed by atoms with van der Waals surface area (Å²) < 4.78 is 8.69. The first-order valence-electron chi connectivity index (χ1n) is 4.51. The molecule has 2 aromatic rings. The lowest BCUT2D eigenvalue weighted by Crippen LogP contribution is -1.44. The molecule has 2 heterocycles. The van der Waals surface area contributed by atoms with Gasteiger partial charge >= 0.3 is 0 Å². The van der Waals surface area contributed by atoms with Gasteiger partial charge in [-0.05, 0) is 0 Å². The van der Waals surface area contributed by atoms with Gasteiger partial charge in [0, 0.05) is 0 Å². The molecule has 0 aliphatic heterocycles. The molecule has 0 aliphatic rings. The van der Waals surface area contributed by atoms with Gasteiger partial charge in [-0.15, -0.1) is 0 Å². The van der Waals surface area contributed by atoms with E-state index < -0.39 is 0 Å². The van der Waals surface area contributed by atoms with E-state index in [4.69, 9.17) is 0 Å². The molecule has 5 heteroatoms. The van der Waals surface area contributed by atoms with Crippen molar-refractivity contribution in [2.75, 3.05) is 0 Å². The maximum absolute atomic E-state index is 4.47. The minimum atomic E-state index is 1.26. The lowest BCUT2D eigenvalue weighted by atomic mass is 11.0. The Balaban J connectivity index is 0. The van der Waals surface area contributed by atoms with Crippen molar-refractivity contribution in [3.05, 3.63) is 31.6 Å². The number of aromatic nitrogens is 3. The van der Waals surface area contributed by atoms with Crippen LogP contribution in [0.2, 0.25) is 0 Å². The first-order valence-corrected chi connectivity index (χ1v) is 4.51. The van der Waals surface area contributed by atoms with Gasteiger partial charge in [-0.1, -0.05) is 32.9 Å². The average Bonchev–Trinajstić information content (AvgIpc) is 3.01. The molecular weight excluding hydrogens is 182 g/mol. The summed E-state index contributed by atoms with van der Waals surface area (Å²) in [4.78, 5) is 7.00. The van der Waals surface area contributed by atoms with Crippen LogP contribution in [0, 0.1) is 0 Å². The molecule has 2 aromatic heterocycles. The van der Waals surface area contributed by atoms with E-state index in [1.54, 1.807) is 6.20 Å². The number of hydrogen-bond donors (Lipinski definition) is 0. The third-order valence-corrected chi connectivity index (χ3v) is 0.630. The van der Waals surface area contributed by atoms with Crippen LogP contribution in [0.5, 0.6) is 0 Å². The highest BCUT2D eigenvalue weighted by Crippen LogP contribution is 1.72. The highest BCUT2D eigenvalue weighted by molar-refractivity contribution is 4.56. The smallest absolute Gasteiger partial charge is 0.213 e. The lowest BCUT2D eigenvalue weighted by molar-refractivity contribution is 0.416. The largest absolute Gasteiger partial charge is 0.452 e. The predicted molar refractivity (Wildman–Crippen MR) is 53.5 cm³/mol. The summed E-state index contributed by atoms with van der Waals surface area (Å²) in [6, 6.07) is 0. The highest BCUT2D eigenvalue weighted by atomic mass is 16.5. The molecule has 0 saturated heterocycles. The summed E-state index contributed by atoms with van der Waals surface area (Å²) in [6.45, 7) is 8.00. The van der Waals surface area contributed by atoms with Crippen molar-refractivity contribution in [3.63, 3.8) is 0 Å². The standard InChI is InChI=1S/C3H3NO.C2H2N2O.2C2H6/c1-2-5-3-4-1;1-3-2-5-4-1;2*1-2/h1-3H;1-2H;2*1-2H3. The minimum absolute atomic E-state index is 1.26. The van der Waals surface area contributed by atoms with E-state index in [1.807, 2.05) is 27.7 Å². The number of hydrogen-bond acceptors (Lipinski definition) is 5. The Morgan fingerprint density at radius 2 is 1.64 bits per heavy atom. The molecule has 0 saturated carbocycles. The van der Waals surface area contributed by atoms with Gasteiger partial charge in [0.25, 0.3) is 0 Å². The van der Waals surface area contributed by atoms with Crippen LogP contribution in [-0.2, 0) is 0 Å². The van der Waals surface area contributed by atoms with Crippen molar-refractivity contribution in [1.82, 2.24) is 15.1 Å². The summed E-state index contributed by atoms with van der Waals surface area (Å²) >= 11 is 0. The second-order valence-electron chi connectivity index (χ2n) is 1.26. The molecule has 0 fully saturated rings. The van der Waals surface area contributed by atoms with Crippen molar-refractivity contribution in [3.8, 4) is 0 Å². The number of nitrogens with zero attached hydrogens (tertiary/aromatic N) is 3. The predicted octanol–water partition coefficient (Wildman–Crippen LogP) is 2.80. The second kappa shape index (κ2) is 17.4. The zero-order valence-electron chi connectivity index (χ0n) is 9.04. The molecule has 0 unspecified atom stereocenters. The molecule has 0 amide bonds. The Hall–Kier alpha value is -1.65. The van der Waals surface area contributed by atoms with Crippen molar-refractivity contribution >= 4 is 0 Å². The molecular formula is C9H17N3O2. The van der Waals surface area contributed by atoms with E-state index in [0.29, 0.717) is 0 Å². The van der Waals surface area contributed by atoms with E-state index in [-0.39, 0.29) is 0 Å². The van der Waals surface area contributed by atoms with Gasteiger partial charge in [-0.3, -0.25) is 0 Å². The summed E-state index contributed by atoms with van der Waals surface area (Å²) in [6.07, 6.45) is 7.07. The molecule has 0 atom stereocenters. The summed E-state index contributed by atoms with van der Waals surface area (Å²) in [7, 11) is 0. The summed E-state index contributed by atoms with van der Waals surface area (Å²) in [5, 5.41) is 3.24. The summed E-state index contributed by atoms with van der Waals surface area (Å²) in [5.74, 6) is 0. The maximum Gasteiger partial charge on any atom is 0.213 e. The van der Waals surface area contributed by atoms with Crippen molar-refractivity contribution in [1.29, 1.82) is 0 Å². The number of rotatable bonds is 0. The first-order chi connectivity index (χ1) is 7.00. The zero-order chi connectivity index (χ0) is 11.1. The van der Waals surface area contributed by atoms with Gasteiger partial charge in [-0.2, -0.15) is 0 Å². The Morgan fingerprint density at radius 3 is 1.79 bits per heavy atom. The molecule has 0 N–H and O–H groups in total. The van der Waals surface area contributed by atoms with Gasteiger partial charge in [0.05, 0.1) is 6.20 Å². The molecule has 0 aromatic carbocycles. The Morgan fingerprint density at radius 1 is 0.929 bits per heavy atom. The van der Waals surface area contributed by atoms with Crippen LogP contribution in [0.3, 0.4) is 0 Å². The van der Waals surface area contributed by atoms with Crippen LogP contribution in [0.15, 0.2) is 40.5 Å². The molecule has 0 aliphatic carbocycles. The fourth-order valence-electron chi connectivity index (χ4n) is 0.312. The van der Waals surface area contributed by atoms with E-state index in [2.05, 4.69) is 24.1 Å². The SMILES string of the molecule is CC.CC.c1cocn1.c1ncon1. The van der Waals surface area contributed by atoms with Gasteiger partial charge < -0.3 is 8.94 Å². The monoisotopic (exact) mass is 199 g/mol. The molecule has 0 bridgehead atoms. The highest BCUT2D eigenvalue weighted by Gasteiger charge is 1.61. The Kier molecular flexibility index (Phi) is 18.5. The van der Waals surface area contributed by atoms with E-state index in [1.165, 1.54) is 25.4 Å².